The Morgan fingerprint density at radius 3 is 2.47 bits per heavy atom. The molecule has 0 saturated carbocycles. The van der Waals surface area contributed by atoms with Gasteiger partial charge >= 0.3 is 0 Å². The van der Waals surface area contributed by atoms with E-state index >= 15 is 0 Å². The van der Waals surface area contributed by atoms with Crippen LogP contribution in [0, 0.1) is 20.8 Å². The number of hydrogen-bond donors (Lipinski definition) is 2. The number of nitrogen functional groups attached to an aromatic ring is 1. The number of aromatic amines is 1. The summed E-state index contributed by atoms with van der Waals surface area (Å²) in [6, 6.07) is 4.06. The van der Waals surface area contributed by atoms with Crippen LogP contribution in [0.5, 0.6) is 0 Å². The van der Waals surface area contributed by atoms with Crippen molar-refractivity contribution in [3.05, 3.63) is 35.2 Å². The number of rotatable bonds is 1. The lowest BCUT2D eigenvalue weighted by atomic mass is 10.0. The zero-order chi connectivity index (χ0) is 11.0. The van der Waals surface area contributed by atoms with Gasteiger partial charge in [-0.05, 0) is 38.0 Å². The Hall–Kier alpha value is -1.77. The van der Waals surface area contributed by atoms with Crippen molar-refractivity contribution in [2.75, 3.05) is 5.73 Å². The molecule has 0 spiro atoms. The minimum Gasteiger partial charge on any atom is -0.398 e. The highest BCUT2D eigenvalue weighted by molar-refractivity contribution is 5.67. The smallest absolute Gasteiger partial charge is 0.137 e. The zero-order valence-electron chi connectivity index (χ0n) is 9.26. The third-order valence-corrected chi connectivity index (χ3v) is 2.57. The van der Waals surface area contributed by atoms with Gasteiger partial charge in [-0.15, -0.1) is 0 Å². The highest BCUT2D eigenvalue weighted by atomic mass is 14.9. The molecule has 3 nitrogen and oxygen atoms in total. The SMILES string of the molecule is Cc1cnc(-c2cc(N)c(C)cc2C)[nH]1. The van der Waals surface area contributed by atoms with Gasteiger partial charge in [0.15, 0.2) is 0 Å². The molecule has 3 heteroatoms. The van der Waals surface area contributed by atoms with Crippen LogP contribution in [0.25, 0.3) is 11.4 Å². The minimum atomic E-state index is 0.810. The molecule has 2 rings (SSSR count). The second-order valence-corrected chi connectivity index (χ2v) is 3.94. The molecule has 0 aliphatic heterocycles. The van der Waals surface area contributed by atoms with Crippen LogP contribution >= 0.6 is 0 Å². The molecule has 2 aromatic rings. The van der Waals surface area contributed by atoms with Gasteiger partial charge in [0.05, 0.1) is 0 Å². The number of aromatic nitrogens is 2. The van der Waals surface area contributed by atoms with E-state index in [1.54, 1.807) is 0 Å². The molecule has 1 heterocycles. The average Bonchev–Trinajstić information content (AvgIpc) is 2.58. The molecule has 0 aliphatic rings. The molecule has 1 aromatic carbocycles. The lowest BCUT2D eigenvalue weighted by Crippen LogP contribution is -1.94. The first-order valence-electron chi connectivity index (χ1n) is 4.96. The van der Waals surface area contributed by atoms with Gasteiger partial charge in [-0.2, -0.15) is 0 Å². The Morgan fingerprint density at radius 2 is 1.87 bits per heavy atom. The molecule has 0 bridgehead atoms. The van der Waals surface area contributed by atoms with E-state index in [2.05, 4.69) is 23.0 Å². The first kappa shape index (κ1) is 9.77. The van der Waals surface area contributed by atoms with E-state index in [4.69, 9.17) is 5.73 Å². The maximum Gasteiger partial charge on any atom is 0.137 e. The van der Waals surface area contributed by atoms with Crippen LogP contribution in [0.2, 0.25) is 0 Å². The number of nitrogens with two attached hydrogens (primary N) is 1. The molecule has 3 N–H and O–H groups in total. The zero-order valence-corrected chi connectivity index (χ0v) is 9.26. The number of benzene rings is 1. The van der Waals surface area contributed by atoms with Gasteiger partial charge in [0, 0.05) is 23.1 Å². The van der Waals surface area contributed by atoms with Crippen LogP contribution in [0.15, 0.2) is 18.3 Å². The van der Waals surface area contributed by atoms with Crippen molar-refractivity contribution >= 4 is 5.69 Å². The fourth-order valence-corrected chi connectivity index (χ4v) is 1.67. The quantitative estimate of drug-likeness (QED) is 0.697. The fourth-order valence-electron chi connectivity index (χ4n) is 1.67. The highest BCUT2D eigenvalue weighted by Gasteiger charge is 2.07. The van der Waals surface area contributed by atoms with Crippen molar-refractivity contribution in [2.24, 2.45) is 0 Å². The molecule has 0 unspecified atom stereocenters. The second kappa shape index (κ2) is 3.42. The first-order chi connectivity index (χ1) is 7.08. The van der Waals surface area contributed by atoms with Gasteiger partial charge in [-0.25, -0.2) is 4.98 Å². The Morgan fingerprint density at radius 1 is 1.13 bits per heavy atom. The van der Waals surface area contributed by atoms with E-state index in [9.17, 15) is 0 Å². The largest absolute Gasteiger partial charge is 0.398 e. The van der Waals surface area contributed by atoms with Crippen molar-refractivity contribution in [1.29, 1.82) is 0 Å². The lowest BCUT2D eigenvalue weighted by Gasteiger charge is -2.07. The summed E-state index contributed by atoms with van der Waals surface area (Å²) in [4.78, 5) is 7.52. The summed E-state index contributed by atoms with van der Waals surface area (Å²) in [5.74, 6) is 0.886. The van der Waals surface area contributed by atoms with Crippen molar-refractivity contribution in [3.8, 4) is 11.4 Å². The number of anilines is 1. The van der Waals surface area contributed by atoms with Crippen molar-refractivity contribution in [3.63, 3.8) is 0 Å². The summed E-state index contributed by atoms with van der Waals surface area (Å²) in [6.45, 7) is 6.07. The molecule has 0 saturated heterocycles. The van der Waals surface area contributed by atoms with E-state index in [1.165, 1.54) is 5.56 Å². The van der Waals surface area contributed by atoms with Crippen molar-refractivity contribution in [2.45, 2.75) is 20.8 Å². The number of hydrogen-bond acceptors (Lipinski definition) is 2. The standard InChI is InChI=1S/C12H15N3/c1-7-4-8(2)11(13)5-10(7)12-14-6-9(3)15-12/h4-6H,13H2,1-3H3,(H,14,15). The second-order valence-electron chi connectivity index (χ2n) is 3.94. The maximum atomic E-state index is 5.89. The van der Waals surface area contributed by atoms with Gasteiger partial charge in [0.2, 0.25) is 0 Å². The Balaban J connectivity index is 2.58. The number of nitrogens with one attached hydrogen (secondary N) is 1. The molecular weight excluding hydrogens is 186 g/mol. The Kier molecular flexibility index (Phi) is 2.23. The molecule has 15 heavy (non-hydrogen) atoms. The molecular formula is C12H15N3. The maximum absolute atomic E-state index is 5.89. The molecule has 78 valence electrons. The summed E-state index contributed by atoms with van der Waals surface area (Å²) in [5.41, 5.74) is 11.1. The molecule has 0 fully saturated rings. The van der Waals surface area contributed by atoms with Crippen LogP contribution in [-0.2, 0) is 0 Å². The van der Waals surface area contributed by atoms with Gasteiger partial charge in [-0.3, -0.25) is 0 Å². The monoisotopic (exact) mass is 201 g/mol. The molecule has 0 radical (unpaired) electrons. The Bertz CT molecular complexity index is 498. The lowest BCUT2D eigenvalue weighted by molar-refractivity contribution is 1.24. The van der Waals surface area contributed by atoms with Crippen LogP contribution in [0.4, 0.5) is 5.69 Å². The van der Waals surface area contributed by atoms with E-state index in [-0.39, 0.29) is 0 Å². The molecule has 1 aromatic heterocycles. The predicted molar refractivity (Wildman–Crippen MR) is 62.6 cm³/mol. The third-order valence-electron chi connectivity index (χ3n) is 2.57. The van der Waals surface area contributed by atoms with Crippen molar-refractivity contribution in [1.82, 2.24) is 9.97 Å². The van der Waals surface area contributed by atoms with E-state index in [0.717, 1.165) is 28.3 Å². The average molecular weight is 201 g/mol. The summed E-state index contributed by atoms with van der Waals surface area (Å²) in [5, 5.41) is 0. The Labute approximate surface area is 89.4 Å². The molecule has 0 amide bonds. The summed E-state index contributed by atoms with van der Waals surface area (Å²) in [7, 11) is 0. The summed E-state index contributed by atoms with van der Waals surface area (Å²) >= 11 is 0. The first-order valence-corrected chi connectivity index (χ1v) is 4.96. The van der Waals surface area contributed by atoms with Gasteiger partial charge in [-0.1, -0.05) is 6.07 Å². The molecule has 0 aliphatic carbocycles. The van der Waals surface area contributed by atoms with Crippen molar-refractivity contribution < 1.29 is 0 Å². The number of imidazole rings is 1. The van der Waals surface area contributed by atoms with Crippen LogP contribution in [0.1, 0.15) is 16.8 Å². The van der Waals surface area contributed by atoms with E-state index in [0.29, 0.717) is 0 Å². The minimum absolute atomic E-state index is 0.810. The van der Waals surface area contributed by atoms with Gasteiger partial charge < -0.3 is 10.7 Å². The number of aryl methyl sites for hydroxylation is 3. The van der Waals surface area contributed by atoms with Crippen LogP contribution < -0.4 is 5.73 Å². The fraction of sp³-hybridized carbons (Fsp3) is 0.250. The highest BCUT2D eigenvalue weighted by Crippen LogP contribution is 2.25. The number of H-pyrrole nitrogens is 1. The molecule has 0 atom stereocenters. The summed E-state index contributed by atoms with van der Waals surface area (Å²) in [6.07, 6.45) is 1.82. The summed E-state index contributed by atoms with van der Waals surface area (Å²) < 4.78 is 0. The predicted octanol–water partition coefficient (Wildman–Crippen LogP) is 2.58. The number of nitrogens with zero attached hydrogens (tertiary/aromatic N) is 1. The van der Waals surface area contributed by atoms with E-state index < -0.39 is 0 Å². The van der Waals surface area contributed by atoms with E-state index in [1.807, 2.05) is 26.1 Å². The third kappa shape index (κ3) is 1.73. The normalized spacial score (nSPS) is 10.6. The van der Waals surface area contributed by atoms with Crippen LogP contribution in [0.3, 0.4) is 0 Å². The topological polar surface area (TPSA) is 54.7 Å². The van der Waals surface area contributed by atoms with Gasteiger partial charge in [0.25, 0.3) is 0 Å². The van der Waals surface area contributed by atoms with Crippen LogP contribution in [-0.4, -0.2) is 9.97 Å². The van der Waals surface area contributed by atoms with Gasteiger partial charge in [0.1, 0.15) is 5.82 Å².